The minimum atomic E-state index is -0.438. The monoisotopic (exact) mass is 287 g/mol. The van der Waals surface area contributed by atoms with Crippen LogP contribution in [0.25, 0.3) is 0 Å². The zero-order valence-electron chi connectivity index (χ0n) is 11.6. The molecule has 1 atom stereocenters. The number of rotatable bonds is 5. The Hall–Kier alpha value is -0.810. The van der Waals surface area contributed by atoms with Crippen molar-refractivity contribution in [2.75, 3.05) is 20.3 Å². The molecule has 1 heterocycles. The maximum Gasteiger partial charge on any atom is 0.163 e. The number of nitrogens with one attached hydrogen (secondary N) is 1. The van der Waals surface area contributed by atoms with E-state index in [0.29, 0.717) is 6.61 Å². The van der Waals surface area contributed by atoms with Crippen molar-refractivity contribution in [1.29, 1.82) is 0 Å². The second-order valence-corrected chi connectivity index (χ2v) is 4.93. The predicted octanol–water partition coefficient (Wildman–Crippen LogP) is 2.36. The van der Waals surface area contributed by atoms with Crippen LogP contribution in [0.4, 0.5) is 0 Å². The van der Waals surface area contributed by atoms with E-state index in [9.17, 15) is 0 Å². The molecule has 1 N–H and O–H groups in total. The van der Waals surface area contributed by atoms with Crippen LogP contribution in [0.15, 0.2) is 24.3 Å². The van der Waals surface area contributed by atoms with Crippen molar-refractivity contribution in [3.63, 3.8) is 0 Å². The molecule has 1 fully saturated rings. The van der Waals surface area contributed by atoms with Crippen LogP contribution in [-0.2, 0) is 16.0 Å². The summed E-state index contributed by atoms with van der Waals surface area (Å²) in [5, 5.41) is 3.37. The van der Waals surface area contributed by atoms with E-state index in [0.717, 1.165) is 18.8 Å². The molecule has 5 heteroatoms. The Morgan fingerprint density at radius 3 is 2.53 bits per heavy atom. The van der Waals surface area contributed by atoms with Crippen molar-refractivity contribution in [3.8, 4) is 5.75 Å². The van der Waals surface area contributed by atoms with Gasteiger partial charge in [0.05, 0.1) is 19.8 Å². The highest BCUT2D eigenvalue weighted by molar-refractivity contribution is 5.85. The Balaban J connectivity index is 0.00000180. The zero-order chi connectivity index (χ0) is 13.0. The molecule has 1 unspecified atom stereocenters. The van der Waals surface area contributed by atoms with Crippen molar-refractivity contribution in [2.24, 2.45) is 0 Å². The van der Waals surface area contributed by atoms with Gasteiger partial charge in [-0.05, 0) is 31.5 Å². The molecular weight excluding hydrogens is 266 g/mol. The van der Waals surface area contributed by atoms with Crippen molar-refractivity contribution >= 4 is 12.4 Å². The van der Waals surface area contributed by atoms with Gasteiger partial charge in [0, 0.05) is 13.1 Å². The number of halogens is 1. The molecule has 4 nitrogen and oxygen atoms in total. The van der Waals surface area contributed by atoms with Crippen LogP contribution in [0.2, 0.25) is 0 Å². The van der Waals surface area contributed by atoms with Gasteiger partial charge in [0.25, 0.3) is 0 Å². The Labute approximate surface area is 120 Å². The lowest BCUT2D eigenvalue weighted by molar-refractivity contribution is -0.137. The van der Waals surface area contributed by atoms with E-state index in [1.54, 1.807) is 7.11 Å². The fourth-order valence-electron chi connectivity index (χ4n) is 1.98. The maximum absolute atomic E-state index is 5.72. The van der Waals surface area contributed by atoms with Crippen molar-refractivity contribution < 1.29 is 14.2 Å². The molecule has 0 aromatic heterocycles. The van der Waals surface area contributed by atoms with Crippen molar-refractivity contribution in [3.05, 3.63) is 29.8 Å². The maximum atomic E-state index is 5.72. The van der Waals surface area contributed by atoms with Gasteiger partial charge in [-0.2, -0.15) is 0 Å². The third kappa shape index (κ3) is 4.99. The summed E-state index contributed by atoms with van der Waals surface area (Å²) in [6.45, 7) is 6.16. The summed E-state index contributed by atoms with van der Waals surface area (Å²) in [6, 6.07) is 8.05. The minimum Gasteiger partial charge on any atom is -0.497 e. The molecule has 1 aliphatic heterocycles. The summed E-state index contributed by atoms with van der Waals surface area (Å²) in [5.74, 6) is 0.444. The number of benzene rings is 1. The van der Waals surface area contributed by atoms with E-state index in [2.05, 4.69) is 17.4 Å². The summed E-state index contributed by atoms with van der Waals surface area (Å²) < 4.78 is 16.3. The van der Waals surface area contributed by atoms with Crippen LogP contribution in [-0.4, -0.2) is 32.2 Å². The van der Waals surface area contributed by atoms with E-state index in [-0.39, 0.29) is 18.5 Å². The first-order valence-electron chi connectivity index (χ1n) is 6.24. The van der Waals surface area contributed by atoms with Crippen molar-refractivity contribution in [1.82, 2.24) is 5.32 Å². The summed E-state index contributed by atoms with van der Waals surface area (Å²) in [7, 11) is 1.67. The van der Waals surface area contributed by atoms with Gasteiger partial charge < -0.3 is 19.5 Å². The molecule has 0 radical (unpaired) electrons. The van der Waals surface area contributed by atoms with Crippen LogP contribution in [0.1, 0.15) is 19.4 Å². The molecule has 0 bridgehead atoms. The number of hydrogen-bond acceptors (Lipinski definition) is 4. The minimum absolute atomic E-state index is 0. The lowest BCUT2D eigenvalue weighted by atomic mass is 10.2. The normalized spacial score (nSPS) is 20.9. The number of ether oxygens (including phenoxy) is 3. The molecule has 1 saturated heterocycles. The SMILES string of the molecule is COc1ccc(CNCC2COC(C)(C)O2)cc1.Cl. The van der Waals surface area contributed by atoms with Crippen LogP contribution in [0, 0.1) is 0 Å². The van der Waals surface area contributed by atoms with Gasteiger partial charge in [0.15, 0.2) is 5.79 Å². The average molecular weight is 288 g/mol. The van der Waals surface area contributed by atoms with E-state index in [1.807, 2.05) is 26.0 Å². The summed E-state index contributed by atoms with van der Waals surface area (Å²) in [5.41, 5.74) is 1.23. The number of methoxy groups -OCH3 is 1. The van der Waals surface area contributed by atoms with E-state index in [4.69, 9.17) is 14.2 Å². The molecule has 108 valence electrons. The first-order chi connectivity index (χ1) is 8.59. The highest BCUT2D eigenvalue weighted by atomic mass is 35.5. The molecule has 1 aromatic carbocycles. The Morgan fingerprint density at radius 1 is 1.32 bits per heavy atom. The second kappa shape index (κ2) is 7.10. The molecule has 1 aliphatic rings. The Kier molecular flexibility index (Phi) is 6.07. The number of hydrogen-bond donors (Lipinski definition) is 1. The van der Waals surface area contributed by atoms with Gasteiger partial charge in [-0.15, -0.1) is 12.4 Å². The van der Waals surface area contributed by atoms with Gasteiger partial charge >= 0.3 is 0 Å². The Morgan fingerprint density at radius 2 is 2.00 bits per heavy atom. The summed E-state index contributed by atoms with van der Waals surface area (Å²) >= 11 is 0. The zero-order valence-corrected chi connectivity index (χ0v) is 12.5. The van der Waals surface area contributed by atoms with Gasteiger partial charge in [-0.1, -0.05) is 12.1 Å². The van der Waals surface area contributed by atoms with Crippen LogP contribution in [0.3, 0.4) is 0 Å². The fraction of sp³-hybridized carbons (Fsp3) is 0.571. The predicted molar refractivity (Wildman–Crippen MR) is 76.9 cm³/mol. The smallest absolute Gasteiger partial charge is 0.163 e. The first kappa shape index (κ1) is 16.2. The molecule has 0 saturated carbocycles. The average Bonchev–Trinajstić information content (AvgIpc) is 2.70. The van der Waals surface area contributed by atoms with Crippen LogP contribution < -0.4 is 10.1 Å². The highest BCUT2D eigenvalue weighted by Gasteiger charge is 2.32. The first-order valence-corrected chi connectivity index (χ1v) is 6.24. The van der Waals surface area contributed by atoms with E-state index >= 15 is 0 Å². The van der Waals surface area contributed by atoms with Gasteiger partial charge in [-0.3, -0.25) is 0 Å². The highest BCUT2D eigenvalue weighted by Crippen LogP contribution is 2.21. The standard InChI is InChI=1S/C14H21NO3.ClH/c1-14(2)17-10-13(18-14)9-15-8-11-4-6-12(16-3)7-5-11;/h4-7,13,15H,8-10H2,1-3H3;1H. The summed E-state index contributed by atoms with van der Waals surface area (Å²) in [4.78, 5) is 0. The fourth-order valence-corrected chi connectivity index (χ4v) is 1.98. The van der Waals surface area contributed by atoms with Crippen molar-refractivity contribution in [2.45, 2.75) is 32.3 Å². The van der Waals surface area contributed by atoms with Crippen LogP contribution in [0.5, 0.6) is 5.75 Å². The van der Waals surface area contributed by atoms with Gasteiger partial charge in [0.1, 0.15) is 5.75 Å². The lowest BCUT2D eigenvalue weighted by Crippen LogP contribution is -2.30. The molecule has 0 spiro atoms. The van der Waals surface area contributed by atoms with Gasteiger partial charge in [-0.25, -0.2) is 0 Å². The molecular formula is C14H22ClNO3. The molecule has 0 amide bonds. The molecule has 19 heavy (non-hydrogen) atoms. The molecule has 0 aliphatic carbocycles. The third-order valence-corrected chi connectivity index (χ3v) is 2.93. The molecule has 2 rings (SSSR count). The largest absolute Gasteiger partial charge is 0.497 e. The molecule has 1 aromatic rings. The lowest BCUT2D eigenvalue weighted by Gasteiger charge is -2.17. The van der Waals surface area contributed by atoms with E-state index < -0.39 is 5.79 Å². The van der Waals surface area contributed by atoms with E-state index in [1.165, 1.54) is 5.56 Å². The van der Waals surface area contributed by atoms with Crippen LogP contribution >= 0.6 is 12.4 Å². The third-order valence-electron chi connectivity index (χ3n) is 2.93. The Bertz CT molecular complexity index is 381. The van der Waals surface area contributed by atoms with Gasteiger partial charge in [0.2, 0.25) is 0 Å². The second-order valence-electron chi connectivity index (χ2n) is 4.93. The summed E-state index contributed by atoms with van der Waals surface area (Å²) in [6.07, 6.45) is 0.137. The topological polar surface area (TPSA) is 39.7 Å². The quantitative estimate of drug-likeness (QED) is 0.902.